The molecule has 0 aromatic rings. The number of rotatable bonds is 4. The van der Waals surface area contributed by atoms with Crippen LogP contribution in [0.25, 0.3) is 0 Å². The van der Waals surface area contributed by atoms with Gasteiger partial charge in [0.1, 0.15) is 5.78 Å². The van der Waals surface area contributed by atoms with Gasteiger partial charge in [0.15, 0.2) is 0 Å². The summed E-state index contributed by atoms with van der Waals surface area (Å²) in [7, 11) is 0. The van der Waals surface area contributed by atoms with Crippen molar-refractivity contribution in [2.75, 3.05) is 6.54 Å². The number of carbonyl (C=O) groups is 3. The third kappa shape index (κ3) is 2.47. The molecule has 1 fully saturated rings. The molecule has 5 nitrogen and oxygen atoms in total. The molecule has 5 heteroatoms. The molecule has 1 aliphatic heterocycles. The lowest BCUT2D eigenvalue weighted by atomic mass is 10.0. The Hall–Kier alpha value is -1.23. The van der Waals surface area contributed by atoms with E-state index in [0.717, 1.165) is 0 Å². The van der Waals surface area contributed by atoms with Gasteiger partial charge in [-0.05, 0) is 13.3 Å². The molecule has 0 saturated carbocycles. The largest absolute Gasteiger partial charge is 0.298 e. The van der Waals surface area contributed by atoms with E-state index in [1.165, 1.54) is 0 Å². The highest BCUT2D eigenvalue weighted by atomic mass is 16.2. The maximum Gasteiger partial charge on any atom is 0.243 e. The van der Waals surface area contributed by atoms with Crippen LogP contribution in [0.15, 0.2) is 0 Å². The molecular weight excluding hydrogens is 208 g/mol. The summed E-state index contributed by atoms with van der Waals surface area (Å²) >= 11 is 0. The van der Waals surface area contributed by atoms with Crippen LogP contribution >= 0.6 is 0 Å². The Bertz CT molecular complexity index is 314. The molecule has 0 aromatic carbocycles. The first-order chi connectivity index (χ1) is 7.51. The maximum absolute atomic E-state index is 11.6. The molecule has 0 spiro atoms. The summed E-state index contributed by atoms with van der Waals surface area (Å²) in [4.78, 5) is 36.1. The zero-order valence-electron chi connectivity index (χ0n) is 9.95. The molecule has 2 amide bonds. The van der Waals surface area contributed by atoms with E-state index in [1.54, 1.807) is 18.7 Å². The summed E-state index contributed by atoms with van der Waals surface area (Å²) in [6.45, 7) is 5.53. The summed E-state index contributed by atoms with van der Waals surface area (Å²) in [5.74, 6) is -0.569. The standard InChI is InChI=1S/C11H18N2O3/c1-4-8-11(16)12-10(15)6-13(8)7(3)9(14)5-2/h7-8H,4-6H2,1-3H3,(H,12,15,16). The molecule has 0 bridgehead atoms. The number of carbonyl (C=O) groups excluding carboxylic acids is 3. The minimum atomic E-state index is -0.372. The molecule has 1 aliphatic rings. The fourth-order valence-electron chi connectivity index (χ4n) is 1.99. The van der Waals surface area contributed by atoms with Crippen molar-refractivity contribution in [3.05, 3.63) is 0 Å². The van der Waals surface area contributed by atoms with Crippen LogP contribution in [0.2, 0.25) is 0 Å². The van der Waals surface area contributed by atoms with E-state index in [1.807, 2.05) is 6.92 Å². The molecule has 1 saturated heterocycles. The van der Waals surface area contributed by atoms with Crippen LogP contribution < -0.4 is 5.32 Å². The van der Waals surface area contributed by atoms with Gasteiger partial charge >= 0.3 is 0 Å². The van der Waals surface area contributed by atoms with Crippen LogP contribution in [-0.4, -0.2) is 41.1 Å². The van der Waals surface area contributed by atoms with E-state index < -0.39 is 0 Å². The average Bonchev–Trinajstić information content (AvgIpc) is 2.26. The van der Waals surface area contributed by atoms with Crippen LogP contribution in [-0.2, 0) is 14.4 Å². The second-order valence-corrected chi connectivity index (χ2v) is 4.00. The van der Waals surface area contributed by atoms with Gasteiger partial charge in [-0.15, -0.1) is 0 Å². The van der Waals surface area contributed by atoms with E-state index in [2.05, 4.69) is 5.32 Å². The zero-order valence-corrected chi connectivity index (χ0v) is 9.95. The quantitative estimate of drug-likeness (QED) is 0.690. The number of ketones is 1. The van der Waals surface area contributed by atoms with Crippen molar-refractivity contribution >= 4 is 17.6 Å². The Balaban J connectivity index is 2.85. The molecule has 1 N–H and O–H groups in total. The molecule has 1 rings (SSSR count). The van der Waals surface area contributed by atoms with E-state index >= 15 is 0 Å². The van der Waals surface area contributed by atoms with Gasteiger partial charge in [-0.2, -0.15) is 0 Å². The first-order valence-corrected chi connectivity index (χ1v) is 5.63. The molecule has 1 heterocycles. The van der Waals surface area contributed by atoms with Gasteiger partial charge in [0.25, 0.3) is 0 Å². The number of Topliss-reactive ketones (excluding diaryl/α,β-unsaturated/α-hetero) is 1. The van der Waals surface area contributed by atoms with Crippen molar-refractivity contribution in [1.29, 1.82) is 0 Å². The number of hydrogen-bond acceptors (Lipinski definition) is 4. The summed E-state index contributed by atoms with van der Waals surface area (Å²) in [6.07, 6.45) is 1.02. The lowest BCUT2D eigenvalue weighted by molar-refractivity contribution is -0.143. The number of nitrogens with one attached hydrogen (secondary N) is 1. The number of piperazine rings is 1. The highest BCUT2D eigenvalue weighted by Crippen LogP contribution is 2.14. The first-order valence-electron chi connectivity index (χ1n) is 5.63. The Morgan fingerprint density at radius 2 is 2.12 bits per heavy atom. The number of hydrogen-bond donors (Lipinski definition) is 1. The molecular formula is C11H18N2O3. The van der Waals surface area contributed by atoms with E-state index in [0.29, 0.717) is 12.8 Å². The number of amides is 2. The van der Waals surface area contributed by atoms with Crippen molar-refractivity contribution in [3.63, 3.8) is 0 Å². The Labute approximate surface area is 95.2 Å². The smallest absolute Gasteiger partial charge is 0.243 e. The van der Waals surface area contributed by atoms with Crippen LogP contribution in [0.1, 0.15) is 33.6 Å². The topological polar surface area (TPSA) is 66.5 Å². The van der Waals surface area contributed by atoms with Crippen LogP contribution in [0.5, 0.6) is 0 Å². The third-order valence-corrected chi connectivity index (χ3v) is 2.99. The lowest BCUT2D eigenvalue weighted by Crippen LogP contribution is -2.61. The molecule has 90 valence electrons. The summed E-state index contributed by atoms with van der Waals surface area (Å²) in [5, 5.41) is 2.29. The second kappa shape index (κ2) is 5.21. The normalized spacial score (nSPS) is 24.1. The Morgan fingerprint density at radius 3 is 2.62 bits per heavy atom. The Kier molecular flexibility index (Phi) is 4.18. The van der Waals surface area contributed by atoms with Gasteiger partial charge in [0.2, 0.25) is 11.8 Å². The summed E-state index contributed by atoms with van der Waals surface area (Å²) < 4.78 is 0. The molecule has 2 atom stereocenters. The maximum atomic E-state index is 11.6. The van der Waals surface area contributed by atoms with Crippen LogP contribution in [0, 0.1) is 0 Å². The van der Waals surface area contributed by atoms with Gasteiger partial charge in [-0.25, -0.2) is 0 Å². The molecule has 16 heavy (non-hydrogen) atoms. The molecule has 2 unspecified atom stereocenters. The van der Waals surface area contributed by atoms with E-state index in [-0.39, 0.29) is 36.2 Å². The minimum absolute atomic E-state index is 0.0564. The lowest BCUT2D eigenvalue weighted by Gasteiger charge is -2.36. The average molecular weight is 226 g/mol. The van der Waals surface area contributed by atoms with Crippen molar-refractivity contribution in [2.45, 2.75) is 45.7 Å². The third-order valence-electron chi connectivity index (χ3n) is 2.99. The minimum Gasteiger partial charge on any atom is -0.298 e. The van der Waals surface area contributed by atoms with Gasteiger partial charge in [0.05, 0.1) is 18.6 Å². The first kappa shape index (κ1) is 12.8. The van der Waals surface area contributed by atoms with Crippen molar-refractivity contribution in [3.8, 4) is 0 Å². The SMILES string of the molecule is CCC(=O)C(C)N1CC(=O)NC(=O)C1CC. The zero-order chi connectivity index (χ0) is 12.3. The highest BCUT2D eigenvalue weighted by Gasteiger charge is 2.36. The van der Waals surface area contributed by atoms with E-state index in [4.69, 9.17) is 0 Å². The number of nitrogens with zero attached hydrogens (tertiary/aromatic N) is 1. The van der Waals surface area contributed by atoms with Crippen molar-refractivity contribution in [1.82, 2.24) is 10.2 Å². The second-order valence-electron chi connectivity index (χ2n) is 4.00. The fraction of sp³-hybridized carbons (Fsp3) is 0.727. The molecule has 0 aliphatic carbocycles. The van der Waals surface area contributed by atoms with Gasteiger partial charge in [-0.1, -0.05) is 13.8 Å². The fourth-order valence-corrected chi connectivity index (χ4v) is 1.99. The van der Waals surface area contributed by atoms with Crippen LogP contribution in [0.4, 0.5) is 0 Å². The van der Waals surface area contributed by atoms with Crippen molar-refractivity contribution in [2.24, 2.45) is 0 Å². The van der Waals surface area contributed by atoms with Crippen molar-refractivity contribution < 1.29 is 14.4 Å². The van der Waals surface area contributed by atoms with Gasteiger partial charge < -0.3 is 0 Å². The molecule has 0 radical (unpaired) electrons. The monoisotopic (exact) mass is 226 g/mol. The van der Waals surface area contributed by atoms with Gasteiger partial charge in [0, 0.05) is 6.42 Å². The predicted octanol–water partition coefficient (Wildman–Crippen LogP) is 0.0910. The van der Waals surface area contributed by atoms with E-state index in [9.17, 15) is 14.4 Å². The Morgan fingerprint density at radius 1 is 1.50 bits per heavy atom. The highest BCUT2D eigenvalue weighted by molar-refractivity contribution is 6.01. The summed E-state index contributed by atoms with van der Waals surface area (Å²) in [6, 6.07) is -0.742. The number of imide groups is 1. The van der Waals surface area contributed by atoms with Gasteiger partial charge in [-0.3, -0.25) is 24.6 Å². The molecule has 0 aromatic heterocycles. The summed E-state index contributed by atoms with van der Waals surface area (Å²) in [5.41, 5.74) is 0. The van der Waals surface area contributed by atoms with Crippen LogP contribution in [0.3, 0.4) is 0 Å². The predicted molar refractivity (Wildman–Crippen MR) is 58.7 cm³/mol.